The van der Waals surface area contributed by atoms with Crippen molar-refractivity contribution in [2.45, 2.75) is 20.3 Å². The van der Waals surface area contributed by atoms with Crippen LogP contribution >= 0.6 is 11.6 Å². The number of rotatable bonds is 6. The lowest BCUT2D eigenvalue weighted by molar-refractivity contribution is 1.05. The number of para-hydroxylation sites is 2. The van der Waals surface area contributed by atoms with Crippen LogP contribution in [0.5, 0.6) is 0 Å². The van der Waals surface area contributed by atoms with Gasteiger partial charge in [-0.15, -0.1) is 0 Å². The minimum absolute atomic E-state index is 0.762. The normalized spacial score (nSPS) is 10.3. The number of hydrogen-bond acceptors (Lipinski definition) is 2. The third kappa shape index (κ3) is 3.67. The zero-order valence-corrected chi connectivity index (χ0v) is 12.8. The van der Waals surface area contributed by atoms with Crippen LogP contribution in [-0.4, -0.2) is 13.1 Å². The molecular formula is C17H21ClN2. The summed E-state index contributed by atoms with van der Waals surface area (Å²) < 4.78 is 0. The van der Waals surface area contributed by atoms with E-state index in [0.717, 1.165) is 30.2 Å². The molecule has 0 saturated carbocycles. The van der Waals surface area contributed by atoms with Crippen LogP contribution in [0.25, 0.3) is 0 Å². The van der Waals surface area contributed by atoms with Crippen molar-refractivity contribution in [1.29, 1.82) is 0 Å². The molecule has 0 aliphatic rings. The Bertz CT molecular complexity index is 567. The summed E-state index contributed by atoms with van der Waals surface area (Å²) in [6.45, 7) is 6.02. The monoisotopic (exact) mass is 288 g/mol. The van der Waals surface area contributed by atoms with E-state index in [0.29, 0.717) is 0 Å². The number of nitrogens with one attached hydrogen (secondary N) is 2. The van der Waals surface area contributed by atoms with Crippen molar-refractivity contribution >= 4 is 23.0 Å². The molecule has 0 fully saturated rings. The molecule has 2 aromatic carbocycles. The van der Waals surface area contributed by atoms with Crippen molar-refractivity contribution in [2.75, 3.05) is 23.7 Å². The van der Waals surface area contributed by atoms with Gasteiger partial charge in [0.05, 0.1) is 10.7 Å². The molecule has 2 N–H and O–H groups in total. The highest BCUT2D eigenvalue weighted by Gasteiger charge is 2.03. The van der Waals surface area contributed by atoms with Crippen molar-refractivity contribution in [3.63, 3.8) is 0 Å². The van der Waals surface area contributed by atoms with Crippen molar-refractivity contribution in [3.8, 4) is 0 Å². The van der Waals surface area contributed by atoms with Crippen LogP contribution in [0.3, 0.4) is 0 Å². The molecule has 0 aromatic heterocycles. The summed E-state index contributed by atoms with van der Waals surface area (Å²) in [6, 6.07) is 14.2. The zero-order valence-electron chi connectivity index (χ0n) is 12.0. The van der Waals surface area contributed by atoms with E-state index in [2.05, 4.69) is 42.7 Å². The van der Waals surface area contributed by atoms with Gasteiger partial charge in [-0.25, -0.2) is 0 Å². The molecule has 0 unspecified atom stereocenters. The van der Waals surface area contributed by atoms with E-state index in [1.165, 1.54) is 16.8 Å². The van der Waals surface area contributed by atoms with E-state index in [1.807, 2.05) is 24.3 Å². The van der Waals surface area contributed by atoms with Gasteiger partial charge < -0.3 is 10.6 Å². The van der Waals surface area contributed by atoms with Gasteiger partial charge in [0.2, 0.25) is 0 Å². The first-order valence-electron chi connectivity index (χ1n) is 7.03. The fourth-order valence-corrected chi connectivity index (χ4v) is 2.47. The molecule has 0 radical (unpaired) electrons. The average Bonchev–Trinajstić information content (AvgIpc) is 2.46. The maximum absolute atomic E-state index is 6.11. The SMILES string of the molecule is CCc1cccc(C)c1NCCNc1ccccc1Cl. The Morgan fingerprint density at radius 3 is 2.45 bits per heavy atom. The Morgan fingerprint density at radius 1 is 0.950 bits per heavy atom. The summed E-state index contributed by atoms with van der Waals surface area (Å²) in [5.74, 6) is 0. The highest BCUT2D eigenvalue weighted by Crippen LogP contribution is 2.22. The summed E-state index contributed by atoms with van der Waals surface area (Å²) in [5.41, 5.74) is 4.90. The Morgan fingerprint density at radius 2 is 1.70 bits per heavy atom. The number of benzene rings is 2. The van der Waals surface area contributed by atoms with Gasteiger partial charge in [-0.2, -0.15) is 0 Å². The molecular weight excluding hydrogens is 268 g/mol. The Labute approximate surface area is 126 Å². The molecule has 0 spiro atoms. The zero-order chi connectivity index (χ0) is 14.4. The topological polar surface area (TPSA) is 24.1 Å². The van der Waals surface area contributed by atoms with Crippen molar-refractivity contribution < 1.29 is 0 Å². The molecule has 0 aliphatic carbocycles. The molecule has 2 rings (SSSR count). The number of halogens is 1. The second kappa shape index (κ2) is 7.20. The third-order valence-corrected chi connectivity index (χ3v) is 3.69. The second-order valence-electron chi connectivity index (χ2n) is 4.80. The minimum Gasteiger partial charge on any atom is -0.383 e. The summed E-state index contributed by atoms with van der Waals surface area (Å²) in [5, 5.41) is 7.62. The predicted octanol–water partition coefficient (Wildman–Crippen LogP) is 4.73. The second-order valence-corrected chi connectivity index (χ2v) is 5.20. The largest absolute Gasteiger partial charge is 0.383 e. The minimum atomic E-state index is 0.762. The molecule has 2 nitrogen and oxygen atoms in total. The molecule has 0 atom stereocenters. The molecule has 2 aromatic rings. The van der Waals surface area contributed by atoms with Gasteiger partial charge in [-0.3, -0.25) is 0 Å². The quantitative estimate of drug-likeness (QED) is 0.751. The first-order valence-corrected chi connectivity index (χ1v) is 7.41. The molecule has 20 heavy (non-hydrogen) atoms. The Balaban J connectivity index is 1.89. The number of aryl methyl sites for hydroxylation is 2. The maximum atomic E-state index is 6.11. The number of hydrogen-bond donors (Lipinski definition) is 2. The maximum Gasteiger partial charge on any atom is 0.0637 e. The third-order valence-electron chi connectivity index (χ3n) is 3.36. The smallest absolute Gasteiger partial charge is 0.0637 e. The lowest BCUT2D eigenvalue weighted by atomic mass is 10.1. The van der Waals surface area contributed by atoms with Gasteiger partial charge in [-0.05, 0) is 36.6 Å². The highest BCUT2D eigenvalue weighted by molar-refractivity contribution is 6.33. The average molecular weight is 289 g/mol. The first-order chi connectivity index (χ1) is 9.72. The lowest BCUT2D eigenvalue weighted by Gasteiger charge is -2.15. The molecule has 0 aliphatic heterocycles. The standard InChI is InChI=1S/C17H21ClN2/c1-3-14-8-6-7-13(2)17(14)20-12-11-19-16-10-5-4-9-15(16)18/h4-10,19-20H,3,11-12H2,1-2H3. The molecule has 0 amide bonds. The van der Waals surface area contributed by atoms with Crippen LogP contribution < -0.4 is 10.6 Å². The first kappa shape index (κ1) is 14.7. The van der Waals surface area contributed by atoms with E-state index in [9.17, 15) is 0 Å². The van der Waals surface area contributed by atoms with E-state index in [-0.39, 0.29) is 0 Å². The summed E-state index contributed by atoms with van der Waals surface area (Å²) in [7, 11) is 0. The van der Waals surface area contributed by atoms with E-state index in [4.69, 9.17) is 11.6 Å². The van der Waals surface area contributed by atoms with Crippen molar-refractivity contribution in [1.82, 2.24) is 0 Å². The predicted molar refractivity (Wildman–Crippen MR) is 89.0 cm³/mol. The van der Waals surface area contributed by atoms with Crippen LogP contribution in [0.1, 0.15) is 18.1 Å². The van der Waals surface area contributed by atoms with E-state index >= 15 is 0 Å². The van der Waals surface area contributed by atoms with Gasteiger partial charge in [0.1, 0.15) is 0 Å². The fourth-order valence-electron chi connectivity index (χ4n) is 2.27. The Hall–Kier alpha value is -1.67. The molecule has 0 bridgehead atoms. The van der Waals surface area contributed by atoms with Gasteiger partial charge in [0.25, 0.3) is 0 Å². The van der Waals surface area contributed by atoms with Crippen LogP contribution in [0.15, 0.2) is 42.5 Å². The van der Waals surface area contributed by atoms with Crippen LogP contribution in [0.4, 0.5) is 11.4 Å². The van der Waals surface area contributed by atoms with Crippen LogP contribution in [0.2, 0.25) is 5.02 Å². The molecule has 3 heteroatoms. The van der Waals surface area contributed by atoms with Crippen molar-refractivity contribution in [3.05, 3.63) is 58.6 Å². The molecule has 0 heterocycles. The summed E-state index contributed by atoms with van der Waals surface area (Å²) in [6.07, 6.45) is 1.04. The molecule has 0 saturated heterocycles. The van der Waals surface area contributed by atoms with E-state index < -0.39 is 0 Å². The van der Waals surface area contributed by atoms with Crippen LogP contribution in [-0.2, 0) is 6.42 Å². The van der Waals surface area contributed by atoms with Gasteiger partial charge >= 0.3 is 0 Å². The van der Waals surface area contributed by atoms with Gasteiger partial charge in [0.15, 0.2) is 0 Å². The molecule has 106 valence electrons. The number of anilines is 2. The van der Waals surface area contributed by atoms with Gasteiger partial charge in [-0.1, -0.05) is 48.9 Å². The van der Waals surface area contributed by atoms with Crippen molar-refractivity contribution in [2.24, 2.45) is 0 Å². The fraction of sp³-hybridized carbons (Fsp3) is 0.294. The summed E-state index contributed by atoms with van der Waals surface area (Å²) >= 11 is 6.11. The lowest BCUT2D eigenvalue weighted by Crippen LogP contribution is -2.15. The van der Waals surface area contributed by atoms with E-state index in [1.54, 1.807) is 0 Å². The van der Waals surface area contributed by atoms with Crippen LogP contribution in [0, 0.1) is 6.92 Å². The van der Waals surface area contributed by atoms with Gasteiger partial charge in [0, 0.05) is 18.8 Å². The summed E-state index contributed by atoms with van der Waals surface area (Å²) in [4.78, 5) is 0. The Kier molecular flexibility index (Phi) is 5.31. The highest BCUT2D eigenvalue weighted by atomic mass is 35.5.